The highest BCUT2D eigenvalue weighted by Gasteiger charge is 2.19. The average Bonchev–Trinajstić information content (AvgIpc) is 3.28. The SMILES string of the molecule is O=C(/C=C/c1ccccc1)c1ccc(-n2c(-c3ccccc3)nc(/N=N/c3ccccc3)c2O)cc1. The maximum Gasteiger partial charge on any atom is 0.245 e. The van der Waals surface area contributed by atoms with Crippen molar-refractivity contribution in [2.75, 3.05) is 0 Å². The Morgan fingerprint density at radius 3 is 2.03 bits per heavy atom. The van der Waals surface area contributed by atoms with E-state index in [2.05, 4.69) is 15.2 Å². The molecule has 0 unspecified atom stereocenters. The third-order valence-electron chi connectivity index (χ3n) is 5.52. The van der Waals surface area contributed by atoms with E-state index in [4.69, 9.17) is 0 Å². The van der Waals surface area contributed by atoms with Gasteiger partial charge in [0.15, 0.2) is 5.78 Å². The molecule has 0 bridgehead atoms. The molecule has 0 spiro atoms. The lowest BCUT2D eigenvalue weighted by atomic mass is 10.1. The molecule has 0 aliphatic heterocycles. The predicted octanol–water partition coefficient (Wildman–Crippen LogP) is 7.56. The summed E-state index contributed by atoms with van der Waals surface area (Å²) in [5.74, 6) is 0.360. The Morgan fingerprint density at radius 1 is 0.750 bits per heavy atom. The topological polar surface area (TPSA) is 79.8 Å². The van der Waals surface area contributed by atoms with E-state index in [1.165, 1.54) is 0 Å². The van der Waals surface area contributed by atoms with Crippen molar-refractivity contribution in [1.82, 2.24) is 9.55 Å². The van der Waals surface area contributed by atoms with Crippen LogP contribution in [0.4, 0.5) is 11.5 Å². The number of nitrogens with zero attached hydrogens (tertiary/aromatic N) is 4. The molecule has 5 aromatic rings. The summed E-state index contributed by atoms with van der Waals surface area (Å²) in [6, 6.07) is 35.4. The van der Waals surface area contributed by atoms with Crippen molar-refractivity contribution in [2.24, 2.45) is 10.2 Å². The van der Waals surface area contributed by atoms with Gasteiger partial charge in [0.2, 0.25) is 11.7 Å². The summed E-state index contributed by atoms with van der Waals surface area (Å²) in [7, 11) is 0. The number of allylic oxidation sites excluding steroid dienone is 1. The van der Waals surface area contributed by atoms with Gasteiger partial charge in [-0.2, -0.15) is 0 Å². The van der Waals surface area contributed by atoms with Crippen LogP contribution >= 0.6 is 0 Å². The Balaban J connectivity index is 1.48. The summed E-state index contributed by atoms with van der Waals surface area (Å²) >= 11 is 0. The second-order valence-electron chi connectivity index (χ2n) is 7.97. The molecule has 1 heterocycles. The molecule has 5 rings (SSSR count). The first-order chi connectivity index (χ1) is 17.7. The van der Waals surface area contributed by atoms with Crippen molar-refractivity contribution >= 4 is 23.4 Å². The number of aromatic nitrogens is 2. The van der Waals surface area contributed by atoms with Crippen LogP contribution in [0.5, 0.6) is 5.88 Å². The molecule has 0 atom stereocenters. The second kappa shape index (κ2) is 10.4. The van der Waals surface area contributed by atoms with Crippen LogP contribution in [0.2, 0.25) is 0 Å². The summed E-state index contributed by atoms with van der Waals surface area (Å²) < 4.78 is 1.60. The lowest BCUT2D eigenvalue weighted by molar-refractivity contribution is 0.104. The molecule has 0 radical (unpaired) electrons. The van der Waals surface area contributed by atoms with E-state index in [0.29, 0.717) is 22.8 Å². The summed E-state index contributed by atoms with van der Waals surface area (Å²) in [5.41, 5.74) is 3.59. The third kappa shape index (κ3) is 5.03. The van der Waals surface area contributed by atoms with Crippen LogP contribution in [0.25, 0.3) is 23.2 Å². The predicted molar refractivity (Wildman–Crippen MR) is 141 cm³/mol. The van der Waals surface area contributed by atoms with Gasteiger partial charge in [0.05, 0.1) is 11.4 Å². The summed E-state index contributed by atoms with van der Waals surface area (Å²) in [6.45, 7) is 0. The van der Waals surface area contributed by atoms with Gasteiger partial charge >= 0.3 is 0 Å². The fraction of sp³-hybridized carbons (Fsp3) is 0. The van der Waals surface area contributed by atoms with Crippen LogP contribution in [-0.4, -0.2) is 20.4 Å². The first-order valence-corrected chi connectivity index (χ1v) is 11.4. The molecule has 36 heavy (non-hydrogen) atoms. The van der Waals surface area contributed by atoms with Crippen molar-refractivity contribution in [2.45, 2.75) is 0 Å². The summed E-state index contributed by atoms with van der Waals surface area (Å²) in [5, 5.41) is 19.4. The first-order valence-electron chi connectivity index (χ1n) is 11.4. The minimum absolute atomic E-state index is 0.101. The normalized spacial score (nSPS) is 11.3. The Kier molecular flexibility index (Phi) is 6.58. The fourth-order valence-corrected chi connectivity index (χ4v) is 3.70. The number of aromatic hydroxyl groups is 1. The minimum Gasteiger partial charge on any atom is -0.491 e. The van der Waals surface area contributed by atoms with Crippen LogP contribution in [0.1, 0.15) is 15.9 Å². The number of rotatable bonds is 7. The van der Waals surface area contributed by atoms with Gasteiger partial charge in [0, 0.05) is 11.1 Å². The maximum absolute atomic E-state index is 12.7. The van der Waals surface area contributed by atoms with E-state index >= 15 is 0 Å². The van der Waals surface area contributed by atoms with Gasteiger partial charge in [-0.05, 0) is 48.0 Å². The van der Waals surface area contributed by atoms with Crippen molar-refractivity contribution in [3.8, 4) is 23.0 Å². The lowest BCUT2D eigenvalue weighted by Crippen LogP contribution is -1.99. The Hall–Kier alpha value is -5.10. The van der Waals surface area contributed by atoms with Gasteiger partial charge in [-0.25, -0.2) is 4.98 Å². The standard InChI is InChI=1S/C30H22N4O2/c35-27(21-16-22-10-4-1-5-11-22)23-17-19-26(20-18-23)34-29(24-12-6-2-7-13-24)31-28(30(34)36)33-32-25-14-8-3-9-15-25/h1-21,36H/b21-16+,33-32+. The molecule has 0 aliphatic rings. The molecule has 0 saturated heterocycles. The molecule has 0 saturated carbocycles. The van der Waals surface area contributed by atoms with E-state index in [0.717, 1.165) is 11.1 Å². The van der Waals surface area contributed by atoms with E-state index in [1.807, 2.05) is 91.0 Å². The monoisotopic (exact) mass is 470 g/mol. The molecule has 6 nitrogen and oxygen atoms in total. The van der Waals surface area contributed by atoms with Crippen LogP contribution in [-0.2, 0) is 0 Å². The Labute approximate surface area is 208 Å². The highest BCUT2D eigenvalue weighted by Crippen LogP contribution is 2.36. The zero-order valence-electron chi connectivity index (χ0n) is 19.3. The zero-order chi connectivity index (χ0) is 24.7. The third-order valence-corrected chi connectivity index (χ3v) is 5.52. The van der Waals surface area contributed by atoms with Crippen LogP contribution in [0.15, 0.2) is 132 Å². The van der Waals surface area contributed by atoms with Crippen LogP contribution in [0, 0.1) is 0 Å². The number of azo groups is 1. The molecule has 1 N–H and O–H groups in total. The van der Waals surface area contributed by atoms with Gasteiger partial charge < -0.3 is 5.11 Å². The van der Waals surface area contributed by atoms with Crippen molar-refractivity contribution in [1.29, 1.82) is 0 Å². The van der Waals surface area contributed by atoms with E-state index in [9.17, 15) is 9.90 Å². The highest BCUT2D eigenvalue weighted by atomic mass is 16.3. The summed E-state index contributed by atoms with van der Waals surface area (Å²) in [6.07, 6.45) is 3.34. The number of carbonyl (C=O) groups is 1. The average molecular weight is 471 g/mol. The second-order valence-corrected chi connectivity index (χ2v) is 7.97. The van der Waals surface area contributed by atoms with Crippen molar-refractivity contribution < 1.29 is 9.90 Å². The molecule has 4 aromatic carbocycles. The fourth-order valence-electron chi connectivity index (χ4n) is 3.70. The smallest absolute Gasteiger partial charge is 0.245 e. The number of carbonyl (C=O) groups excluding carboxylic acids is 1. The molecular weight excluding hydrogens is 448 g/mol. The highest BCUT2D eigenvalue weighted by molar-refractivity contribution is 6.06. The van der Waals surface area contributed by atoms with Crippen LogP contribution in [0.3, 0.4) is 0 Å². The Bertz CT molecular complexity index is 1520. The molecular formula is C30H22N4O2. The molecule has 0 fully saturated rings. The zero-order valence-corrected chi connectivity index (χ0v) is 19.3. The largest absolute Gasteiger partial charge is 0.491 e. The number of hydrogen-bond acceptors (Lipinski definition) is 5. The number of ketones is 1. The number of hydrogen-bond donors (Lipinski definition) is 1. The van der Waals surface area contributed by atoms with Crippen molar-refractivity contribution in [3.05, 3.63) is 132 Å². The number of imidazole rings is 1. The van der Waals surface area contributed by atoms with E-state index < -0.39 is 0 Å². The van der Waals surface area contributed by atoms with Crippen molar-refractivity contribution in [3.63, 3.8) is 0 Å². The Morgan fingerprint density at radius 2 is 1.36 bits per heavy atom. The van der Waals surface area contributed by atoms with Gasteiger partial charge in [-0.3, -0.25) is 9.36 Å². The molecule has 174 valence electrons. The van der Waals surface area contributed by atoms with Gasteiger partial charge in [-0.1, -0.05) is 84.9 Å². The van der Waals surface area contributed by atoms with E-state index in [-0.39, 0.29) is 17.5 Å². The minimum atomic E-state index is -0.142. The molecule has 1 aromatic heterocycles. The summed E-state index contributed by atoms with van der Waals surface area (Å²) in [4.78, 5) is 17.2. The number of benzene rings is 4. The molecule has 0 aliphatic carbocycles. The van der Waals surface area contributed by atoms with Gasteiger partial charge in [0.25, 0.3) is 0 Å². The van der Waals surface area contributed by atoms with E-state index in [1.54, 1.807) is 41.0 Å². The van der Waals surface area contributed by atoms with Gasteiger partial charge in [0.1, 0.15) is 5.82 Å². The lowest BCUT2D eigenvalue weighted by Gasteiger charge is -2.09. The first kappa shape index (κ1) is 22.7. The molecule has 6 heteroatoms. The van der Waals surface area contributed by atoms with Gasteiger partial charge in [-0.15, -0.1) is 10.2 Å². The molecule has 0 amide bonds. The van der Waals surface area contributed by atoms with Crippen LogP contribution < -0.4 is 0 Å². The maximum atomic E-state index is 12.7. The quantitative estimate of drug-likeness (QED) is 0.151.